The third-order valence-electron chi connectivity index (χ3n) is 22.5. The Balaban J connectivity index is 0.000000215. The lowest BCUT2D eigenvalue weighted by Gasteiger charge is -2.47. The van der Waals surface area contributed by atoms with E-state index in [0.717, 1.165) is 68.8 Å². The number of aryl methyl sites for hydroxylation is 6. The lowest BCUT2D eigenvalue weighted by molar-refractivity contribution is -0.0259. The molecule has 24 heteroatoms. The van der Waals surface area contributed by atoms with E-state index in [1.807, 2.05) is 0 Å². The Bertz CT molecular complexity index is 8900. The normalized spacial score (nSPS) is 53.0. The molecule has 786 valence electrons. The molecular formula is C117H180N6O18. The number of hydrogen-bond donors (Lipinski definition) is 6. The number of nitrogens with zero attached hydrogens (tertiary/aromatic N) is 6. The van der Waals surface area contributed by atoms with Gasteiger partial charge in [0.25, 0.3) is 0 Å². The average molecular weight is 2040 g/mol. The first-order valence-corrected chi connectivity index (χ1v) is 44.2. The van der Waals surface area contributed by atoms with E-state index in [1.165, 1.54) is 69.0 Å². The minimum atomic E-state index is -4.26. The fourth-order valence-corrected chi connectivity index (χ4v) is 16.2. The van der Waals surface area contributed by atoms with Crippen molar-refractivity contribution in [2.75, 3.05) is 163 Å². The Morgan fingerprint density at radius 3 is 0.589 bits per heavy atom. The van der Waals surface area contributed by atoms with Gasteiger partial charge in [-0.25, -0.2) is 0 Å². The van der Waals surface area contributed by atoms with Crippen molar-refractivity contribution in [3.63, 3.8) is 0 Å². The molecule has 0 bridgehead atoms. The van der Waals surface area contributed by atoms with E-state index in [1.54, 1.807) is 41.5 Å². The molecule has 0 aliphatic carbocycles. The molecule has 18 rings (SSSR count). The number of aliphatic hydroxyl groups is 6. The average Bonchev–Trinajstić information content (AvgIpc) is 0.642. The van der Waals surface area contributed by atoms with Gasteiger partial charge in [0.1, 0.15) is 0 Å². The van der Waals surface area contributed by atoms with Crippen molar-refractivity contribution in [1.82, 2.24) is 29.4 Å². The number of piperidine rings is 6. The molecule has 6 saturated heterocycles. The first-order valence-electron chi connectivity index (χ1n) is 86.2. The van der Waals surface area contributed by atoms with Crippen LogP contribution in [0.1, 0.15) is 398 Å². The fourth-order valence-electron chi connectivity index (χ4n) is 16.2. The molecule has 0 amide bonds. The first kappa shape index (κ1) is 44.5. The minimum absolute atomic E-state index is 0.0266. The van der Waals surface area contributed by atoms with Crippen LogP contribution in [0.25, 0.3) is 0 Å². The Morgan fingerprint density at radius 2 is 0.433 bits per heavy atom. The van der Waals surface area contributed by atoms with Crippen LogP contribution in [0.3, 0.4) is 0 Å². The maximum absolute atomic E-state index is 11.5. The molecular weight excluding hydrogens is 1780 g/mol. The molecule has 6 aromatic rings. The van der Waals surface area contributed by atoms with E-state index in [4.69, 9.17) is 164 Å². The van der Waals surface area contributed by atoms with Crippen LogP contribution in [0.2, 0.25) is 0 Å². The first-order chi connectivity index (χ1) is 99.2. The summed E-state index contributed by atoms with van der Waals surface area (Å²) >= 11 is 0. The van der Waals surface area contributed by atoms with Crippen LogP contribution in [0.15, 0.2) is 72.8 Å². The van der Waals surface area contributed by atoms with Crippen molar-refractivity contribution >= 4 is 0 Å². The molecule has 0 aromatic heterocycles. The number of methoxy groups -OCH3 is 12. The third kappa shape index (κ3) is 26.9. The van der Waals surface area contributed by atoms with Gasteiger partial charge in [0.05, 0.1) is 146 Å². The molecule has 6 N–H and O–H groups in total. The molecule has 24 nitrogen and oxygen atoms in total. The zero-order valence-electron chi connectivity index (χ0n) is 165. The smallest absolute Gasteiger partial charge is 0.161 e. The lowest BCUT2D eigenvalue weighted by atomic mass is 9.75. The van der Waals surface area contributed by atoms with Crippen LogP contribution in [0.5, 0.6) is 69.0 Å². The van der Waals surface area contributed by atoms with Gasteiger partial charge >= 0.3 is 0 Å². The maximum Gasteiger partial charge on any atom is 0.161 e. The number of benzene rings is 6. The summed E-state index contributed by atoms with van der Waals surface area (Å²) in [6, 6.07) is -6.78. The van der Waals surface area contributed by atoms with Crippen molar-refractivity contribution in [1.29, 1.82) is 0 Å². The van der Waals surface area contributed by atoms with Gasteiger partial charge in [-0.15, -0.1) is 0 Å². The fraction of sp³-hybridized carbons (Fsp3) is 0.692. The second kappa shape index (κ2) is 48.4. The van der Waals surface area contributed by atoms with E-state index in [-0.39, 0.29) is 126 Å². The van der Waals surface area contributed by atoms with E-state index < -0.39 is 415 Å². The Labute approximate surface area is 964 Å². The van der Waals surface area contributed by atoms with Crippen molar-refractivity contribution in [2.24, 2.45) is 69.4 Å². The lowest BCUT2D eigenvalue weighted by Crippen LogP contribution is -2.48. The van der Waals surface area contributed by atoms with Crippen LogP contribution in [-0.2, 0) is 38.2 Å². The summed E-state index contributed by atoms with van der Waals surface area (Å²) in [5, 5.41) is 67.9. The molecule has 12 heterocycles. The SMILES string of the molecule is [2H]C([2H])([2H])C(C)(C([2H])([2H])[2H])C([2H])([2H])C1([2H])CN2C([2H])([2H])C([2H])([2H])c3cc(OC)c(OC)cc3C2([2H])C([2H])([2H])C1([2H])O.[2H]C([2H])([2H])C(C)(C([2H])([2H])[2H])C([2H])([2H])C1([2H])CN2C([2H])([2H])C([2H])([2H])c3cc(OC)c(OC)cc3C2([2H])C([2H])([2H])C1([2H])O.[2H]C([2H])([2H])Oc1cc2c(cc1OC)C([2H])([2H])C([2H])([2H])N1CC([2H])(C([2H])([2H])C(C)(C([2H])([2H])[2H])C([2H])([2H])[2H])C([2H])(O)C([2H])([2H])C21[2H].[2H]C([2H])([2H])Oc1cc2c(cc1OC)C([2H])([2H])C([2H])([2H])N1CC([2H])(CC(C)C)C([2H])(O)C([2H])([2H])C21[2H].[2H]C1(CC(C)C)CN2C([2H])([2H])C([2H])([2H])c3cc(OC)c(OC)cc3C2([2H])C([2H])([2H])C1([2H])O.[2H]C1(CC(C)C)CN2C([2H])([2H])C([2H])([2H])c3cc(OC)c(OC)cc3C2([2H])C([2H])([2H])C1([2H])O. The van der Waals surface area contributed by atoms with Crippen LogP contribution in [0.4, 0.5) is 0 Å². The monoisotopic (exact) mass is 2040 g/mol. The van der Waals surface area contributed by atoms with Gasteiger partial charge in [0, 0.05) is 205 Å². The summed E-state index contributed by atoms with van der Waals surface area (Å²) in [4.78, 5) is 1.98. The summed E-state index contributed by atoms with van der Waals surface area (Å²) in [7, 11) is 5.94. The molecule has 18 atom stereocenters. The zero-order chi connectivity index (χ0) is 176. The Kier molecular flexibility index (Phi) is 15.3. The highest BCUT2D eigenvalue weighted by Crippen LogP contribution is 2.53. The maximum atomic E-state index is 11.5. The summed E-state index contributed by atoms with van der Waals surface area (Å²) in [5.74, 6) is -21.5. The van der Waals surface area contributed by atoms with Crippen LogP contribution < -0.4 is 56.8 Å². The van der Waals surface area contributed by atoms with Gasteiger partial charge in [-0.1, -0.05) is 103 Å². The zero-order valence-corrected chi connectivity index (χ0v) is 81.3. The highest BCUT2D eigenvalue weighted by atomic mass is 16.5. The molecule has 6 aromatic carbocycles. The van der Waals surface area contributed by atoms with Gasteiger partial charge in [-0.05, 0) is 324 Å². The van der Waals surface area contributed by atoms with Gasteiger partial charge in [-0.3, -0.25) is 29.4 Å². The number of hydrogen-bond acceptors (Lipinski definition) is 24. The van der Waals surface area contributed by atoms with Crippen molar-refractivity contribution in [3.05, 3.63) is 140 Å². The Morgan fingerprint density at radius 1 is 0.277 bits per heavy atom. The van der Waals surface area contributed by atoms with Gasteiger partial charge in [-0.2, -0.15) is 0 Å². The summed E-state index contributed by atoms with van der Waals surface area (Å²) in [6.45, 7) is -38.0. The Hall–Kier alpha value is -7.56. The van der Waals surface area contributed by atoms with Crippen molar-refractivity contribution < 1.29 is 203 Å². The summed E-state index contributed by atoms with van der Waals surface area (Å²) in [6.07, 6.45) is -74.3. The second-order valence-electron chi connectivity index (χ2n) is 35.0. The van der Waals surface area contributed by atoms with Gasteiger partial charge in [0.15, 0.2) is 69.0 Å². The topological polar surface area (TPSA) is 252 Å². The van der Waals surface area contributed by atoms with Crippen molar-refractivity contribution in [3.8, 4) is 69.0 Å². The second-order valence-corrected chi connectivity index (χ2v) is 35.0. The van der Waals surface area contributed by atoms with Crippen LogP contribution >= 0.6 is 0 Å². The predicted octanol–water partition coefficient (Wildman–Crippen LogP) is 19.3. The molecule has 0 radical (unpaired) electrons. The summed E-state index contributed by atoms with van der Waals surface area (Å²) in [5.41, 5.74) is -17.3. The largest absolute Gasteiger partial charge is 0.493 e. The predicted molar refractivity (Wildman–Crippen MR) is 561 cm³/mol. The minimum Gasteiger partial charge on any atom is -0.493 e. The van der Waals surface area contributed by atoms with Crippen LogP contribution in [0, 0.1) is 69.4 Å². The van der Waals surface area contributed by atoms with E-state index in [0.29, 0.717) is 41.5 Å². The third-order valence-corrected chi connectivity index (χ3v) is 22.5. The molecule has 18 unspecified atom stereocenters. The molecule has 6 fully saturated rings. The molecule has 0 saturated carbocycles. The van der Waals surface area contributed by atoms with E-state index >= 15 is 0 Å². The molecule has 12 aliphatic rings. The highest BCUT2D eigenvalue weighted by Gasteiger charge is 2.47. The number of fused-ring (bicyclic) bond motifs is 18. The van der Waals surface area contributed by atoms with Crippen LogP contribution in [-0.4, -0.2) is 260 Å². The highest BCUT2D eigenvalue weighted by molar-refractivity contribution is 5.55. The van der Waals surface area contributed by atoms with E-state index in [9.17, 15) is 38.9 Å². The molecule has 12 aliphatic heterocycles. The van der Waals surface area contributed by atoms with Gasteiger partial charge in [0.2, 0.25) is 0 Å². The quantitative estimate of drug-likeness (QED) is 0.0392. The number of ether oxygens (including phenoxy) is 12. The molecule has 141 heavy (non-hydrogen) atoms. The van der Waals surface area contributed by atoms with Gasteiger partial charge < -0.3 is 87.5 Å². The number of rotatable bonds is 21. The molecule has 0 spiro atoms. The van der Waals surface area contributed by atoms with Crippen molar-refractivity contribution in [2.45, 2.75) is 291 Å². The summed E-state index contributed by atoms with van der Waals surface area (Å²) < 4.78 is 774. The van der Waals surface area contributed by atoms with E-state index in [2.05, 4.69) is 0 Å². The standard InChI is InChI=1S/3C20H31NO3.3C19H29NO3/c3*1-20(2,3)11-14-12-21-7-6-13-8-18(23-4)19(24-5)9-15(13)16(21)10-17(14)22;3*1-12(2)7-14-11-20-6-5-13-8-18(22-3)19(23-4)9-15(13)16(20)10-17(14)21/h3*8-9,14,16-17,22H,6-7,10-12H2,1-5H3;3*8-9,12,14,16-17,21H,5-7,10-11H2,1-4H3/i1D3,2D3,5D3,6D2,7D2,10D2,11D2,14D,16D,17D;2*1D3,2D3,6D2,7D2,10D2,11D2,14D,16D,17D;4D3,5D2,6D2,10D2,14D,16D,17D;2*5D2,6D2,10D2,14D,16D,17D.